The Morgan fingerprint density at radius 3 is 2.58 bits per heavy atom. The number of amides is 1. The Balaban J connectivity index is 1.78. The molecule has 0 fully saturated rings. The van der Waals surface area contributed by atoms with E-state index in [1.165, 1.54) is 0 Å². The Hall–Kier alpha value is -2.67. The van der Waals surface area contributed by atoms with Crippen LogP contribution in [-0.2, 0) is 4.79 Å². The minimum Gasteiger partial charge on any atom is -0.493 e. The molecule has 0 saturated heterocycles. The van der Waals surface area contributed by atoms with Crippen molar-refractivity contribution in [1.29, 1.82) is 0 Å². The van der Waals surface area contributed by atoms with Crippen LogP contribution in [0.15, 0.2) is 63.2 Å². The smallest absolute Gasteiger partial charge is 0.302 e. The van der Waals surface area contributed by atoms with Gasteiger partial charge in [0.1, 0.15) is 5.75 Å². The van der Waals surface area contributed by atoms with E-state index in [1.54, 1.807) is 16.7 Å². The molecule has 0 aliphatic rings. The van der Waals surface area contributed by atoms with Gasteiger partial charge in [0, 0.05) is 15.9 Å². The second-order valence-corrected chi connectivity index (χ2v) is 6.91. The Morgan fingerprint density at radius 1 is 1.19 bits per heavy atom. The highest BCUT2D eigenvalue weighted by molar-refractivity contribution is 9.10. The lowest BCUT2D eigenvalue weighted by atomic mass is 10.2. The molecule has 134 valence electrons. The molecule has 0 aliphatic carbocycles. The molecule has 1 N–H and O–H groups in total. The molecule has 0 atom stereocenters. The van der Waals surface area contributed by atoms with Crippen LogP contribution in [0.3, 0.4) is 0 Å². The summed E-state index contributed by atoms with van der Waals surface area (Å²) in [6.45, 7) is 3.70. The molecule has 7 heteroatoms. The van der Waals surface area contributed by atoms with E-state index >= 15 is 0 Å². The summed E-state index contributed by atoms with van der Waals surface area (Å²) in [7, 11) is 0. The number of ether oxygens (including phenoxy) is 1. The number of carbonyl (C=O) groups is 1. The lowest BCUT2D eigenvalue weighted by Gasteiger charge is -2.10. The zero-order chi connectivity index (χ0) is 18.7. The maximum atomic E-state index is 12.0. The fraction of sp³-hybridized carbons (Fsp3) is 0.211. The third kappa shape index (κ3) is 3.77. The predicted molar refractivity (Wildman–Crippen MR) is 103 cm³/mol. The second kappa shape index (κ2) is 7.70. The summed E-state index contributed by atoms with van der Waals surface area (Å²) in [4.78, 5) is 12.0. The van der Waals surface area contributed by atoms with Crippen molar-refractivity contribution in [1.82, 2.24) is 4.57 Å². The normalized spacial score (nSPS) is 11.5. The van der Waals surface area contributed by atoms with Gasteiger partial charge in [0.2, 0.25) is 5.88 Å². The van der Waals surface area contributed by atoms with Crippen molar-refractivity contribution in [2.75, 3.05) is 6.61 Å². The summed E-state index contributed by atoms with van der Waals surface area (Å²) in [6, 6.07) is 14.6. The van der Waals surface area contributed by atoms with Gasteiger partial charge >= 0.3 is 5.91 Å². The largest absolute Gasteiger partial charge is 0.493 e. The summed E-state index contributed by atoms with van der Waals surface area (Å²) in [5, 5.41) is 18.9. The van der Waals surface area contributed by atoms with Crippen molar-refractivity contribution in [3.63, 3.8) is 0 Å². The number of azo groups is 1. The van der Waals surface area contributed by atoms with E-state index in [0.29, 0.717) is 5.75 Å². The van der Waals surface area contributed by atoms with E-state index in [-0.39, 0.29) is 24.2 Å². The highest BCUT2D eigenvalue weighted by Crippen LogP contribution is 2.40. The Bertz CT molecular complexity index is 962. The lowest BCUT2D eigenvalue weighted by molar-refractivity contribution is -0.120. The van der Waals surface area contributed by atoms with E-state index in [1.807, 2.05) is 50.2 Å². The number of nitrogens with zero attached hydrogens (tertiary/aromatic N) is 3. The summed E-state index contributed by atoms with van der Waals surface area (Å²) in [5.41, 5.74) is 1.12. The van der Waals surface area contributed by atoms with Crippen molar-refractivity contribution in [2.45, 2.75) is 19.9 Å². The Morgan fingerprint density at radius 2 is 1.88 bits per heavy atom. The molecule has 1 heterocycles. The van der Waals surface area contributed by atoms with Crippen LogP contribution < -0.4 is 4.74 Å². The van der Waals surface area contributed by atoms with Gasteiger partial charge in [-0.05, 0) is 44.2 Å². The standard InChI is InChI=1S/C19H18BrN3O3/c1-12(2)23-16-6-4-3-5-15(16)18(19(23)25)22-21-17(24)11-26-14-9-7-13(20)8-10-14/h3-10,12,25H,11H2,1-2H3. The van der Waals surface area contributed by atoms with Crippen molar-refractivity contribution in [3.8, 4) is 11.6 Å². The number of aromatic nitrogens is 1. The number of para-hydroxylation sites is 1. The minimum absolute atomic E-state index is 0.00780. The average molecular weight is 416 g/mol. The first kappa shape index (κ1) is 18.1. The van der Waals surface area contributed by atoms with Crippen molar-refractivity contribution >= 4 is 38.4 Å². The van der Waals surface area contributed by atoms with E-state index in [2.05, 4.69) is 26.2 Å². The molecule has 0 saturated carbocycles. The summed E-state index contributed by atoms with van der Waals surface area (Å²) in [5.74, 6) is 0.0243. The molecule has 0 unspecified atom stereocenters. The van der Waals surface area contributed by atoms with Gasteiger partial charge in [-0.3, -0.25) is 4.79 Å². The van der Waals surface area contributed by atoms with Gasteiger partial charge in [0.15, 0.2) is 12.3 Å². The fourth-order valence-corrected chi connectivity index (χ4v) is 2.93. The second-order valence-electron chi connectivity index (χ2n) is 5.99. The molecular formula is C19H18BrN3O3. The molecule has 3 rings (SSSR count). The van der Waals surface area contributed by atoms with E-state index in [0.717, 1.165) is 15.4 Å². The molecule has 0 spiro atoms. The van der Waals surface area contributed by atoms with Crippen LogP contribution in [-0.4, -0.2) is 22.2 Å². The van der Waals surface area contributed by atoms with Crippen molar-refractivity contribution in [3.05, 3.63) is 53.0 Å². The van der Waals surface area contributed by atoms with Crippen molar-refractivity contribution < 1.29 is 14.6 Å². The number of aromatic hydroxyl groups is 1. The monoisotopic (exact) mass is 415 g/mol. The van der Waals surface area contributed by atoms with Crippen LogP contribution in [0.1, 0.15) is 19.9 Å². The summed E-state index contributed by atoms with van der Waals surface area (Å²) in [6.07, 6.45) is 0. The number of hydrogen-bond acceptors (Lipinski definition) is 4. The molecule has 1 aromatic heterocycles. The third-order valence-corrected chi connectivity index (χ3v) is 4.34. The number of fused-ring (bicyclic) bond motifs is 1. The predicted octanol–water partition coefficient (Wildman–Crippen LogP) is 5.38. The zero-order valence-electron chi connectivity index (χ0n) is 14.4. The highest BCUT2D eigenvalue weighted by atomic mass is 79.9. The first-order valence-electron chi connectivity index (χ1n) is 8.12. The third-order valence-electron chi connectivity index (χ3n) is 3.81. The molecule has 3 aromatic rings. The molecule has 0 bridgehead atoms. The van der Waals surface area contributed by atoms with Crippen LogP contribution in [0.4, 0.5) is 5.69 Å². The minimum atomic E-state index is -0.534. The number of carbonyl (C=O) groups excluding carboxylic acids is 1. The van der Waals surface area contributed by atoms with E-state index in [9.17, 15) is 9.90 Å². The Labute approximate surface area is 159 Å². The first-order valence-corrected chi connectivity index (χ1v) is 8.91. The molecule has 2 aromatic carbocycles. The van der Waals surface area contributed by atoms with Gasteiger partial charge in [0.05, 0.1) is 5.52 Å². The van der Waals surface area contributed by atoms with Crippen LogP contribution >= 0.6 is 15.9 Å². The van der Waals surface area contributed by atoms with Crippen molar-refractivity contribution in [2.24, 2.45) is 10.2 Å². The van der Waals surface area contributed by atoms with Gasteiger partial charge < -0.3 is 14.4 Å². The molecule has 0 aliphatic heterocycles. The highest BCUT2D eigenvalue weighted by Gasteiger charge is 2.18. The SMILES string of the molecule is CC(C)n1c(O)c(N=NC(=O)COc2ccc(Br)cc2)c2ccccc21. The van der Waals surface area contributed by atoms with E-state index < -0.39 is 5.91 Å². The van der Waals surface area contributed by atoms with Gasteiger partial charge in [-0.1, -0.05) is 34.1 Å². The molecule has 26 heavy (non-hydrogen) atoms. The number of halogens is 1. The molecule has 0 radical (unpaired) electrons. The first-order chi connectivity index (χ1) is 12.5. The van der Waals surface area contributed by atoms with Crippen LogP contribution in [0.25, 0.3) is 10.9 Å². The maximum Gasteiger partial charge on any atom is 0.302 e. The lowest BCUT2D eigenvalue weighted by Crippen LogP contribution is -2.07. The van der Waals surface area contributed by atoms with Crippen LogP contribution in [0.2, 0.25) is 0 Å². The summed E-state index contributed by atoms with van der Waals surface area (Å²) >= 11 is 3.33. The average Bonchev–Trinajstić information content (AvgIpc) is 2.91. The van der Waals surface area contributed by atoms with Gasteiger partial charge in [-0.25, -0.2) is 0 Å². The maximum absolute atomic E-state index is 12.0. The zero-order valence-corrected chi connectivity index (χ0v) is 16.0. The Kier molecular flexibility index (Phi) is 5.37. The quantitative estimate of drug-likeness (QED) is 0.568. The number of rotatable bonds is 5. The van der Waals surface area contributed by atoms with Gasteiger partial charge in [-0.15, -0.1) is 10.2 Å². The molecular weight excluding hydrogens is 398 g/mol. The van der Waals surface area contributed by atoms with Gasteiger partial charge in [0.25, 0.3) is 0 Å². The van der Waals surface area contributed by atoms with Crippen LogP contribution in [0.5, 0.6) is 11.6 Å². The van der Waals surface area contributed by atoms with E-state index in [4.69, 9.17) is 4.74 Å². The topological polar surface area (TPSA) is 76.2 Å². The van der Waals surface area contributed by atoms with Gasteiger partial charge in [-0.2, -0.15) is 0 Å². The molecule has 1 amide bonds. The molecule has 6 nitrogen and oxygen atoms in total. The number of hydrogen-bond donors (Lipinski definition) is 1. The van der Waals surface area contributed by atoms with Crippen LogP contribution in [0, 0.1) is 0 Å². The summed E-state index contributed by atoms with van der Waals surface area (Å²) < 4.78 is 8.06. The number of benzene rings is 2. The fourth-order valence-electron chi connectivity index (χ4n) is 2.66.